The van der Waals surface area contributed by atoms with Crippen LogP contribution in [0.4, 0.5) is 5.82 Å². The van der Waals surface area contributed by atoms with Gasteiger partial charge < -0.3 is 10.2 Å². The predicted molar refractivity (Wildman–Crippen MR) is 81.3 cm³/mol. The molecule has 1 aliphatic rings. The van der Waals surface area contributed by atoms with E-state index in [1.54, 1.807) is 11.3 Å². The Morgan fingerprint density at radius 2 is 2.11 bits per heavy atom. The molecular weight excluding hydrogens is 280 g/mol. The van der Waals surface area contributed by atoms with Crippen LogP contribution in [0.15, 0.2) is 6.07 Å². The zero-order valence-electron chi connectivity index (χ0n) is 11.1. The van der Waals surface area contributed by atoms with Crippen molar-refractivity contribution in [2.75, 3.05) is 25.5 Å². The van der Waals surface area contributed by atoms with Crippen molar-refractivity contribution >= 4 is 39.0 Å². The van der Waals surface area contributed by atoms with E-state index in [9.17, 15) is 0 Å². The number of rotatable bonds is 2. The number of likely N-dealkylation sites (tertiary alicyclic amines) is 1. The molecule has 0 aliphatic carbocycles. The molecule has 1 saturated heterocycles. The Balaban J connectivity index is 1.87. The Bertz CT molecular complexity index is 590. The van der Waals surface area contributed by atoms with Crippen molar-refractivity contribution in [2.45, 2.75) is 25.8 Å². The van der Waals surface area contributed by atoms with Crippen molar-refractivity contribution in [1.29, 1.82) is 0 Å². The standard InChI is InChI=1S/C13H17ClN4S/c1-8-7-10-11(16-13(14)17-12(10)19-8)15-9-3-5-18(2)6-4-9/h7,9H,3-6H2,1-2H3,(H,15,16,17). The summed E-state index contributed by atoms with van der Waals surface area (Å²) in [4.78, 5) is 13.2. The second kappa shape index (κ2) is 5.23. The average Bonchev–Trinajstić information content (AvgIpc) is 2.72. The maximum Gasteiger partial charge on any atom is 0.225 e. The fourth-order valence-electron chi connectivity index (χ4n) is 2.47. The van der Waals surface area contributed by atoms with Gasteiger partial charge in [-0.05, 0) is 57.6 Å². The molecule has 0 saturated carbocycles. The molecule has 0 amide bonds. The van der Waals surface area contributed by atoms with Gasteiger partial charge in [0.1, 0.15) is 10.6 Å². The first-order valence-corrected chi connectivity index (χ1v) is 7.70. The van der Waals surface area contributed by atoms with Crippen LogP contribution >= 0.6 is 22.9 Å². The number of piperidine rings is 1. The summed E-state index contributed by atoms with van der Waals surface area (Å²) in [5, 5.41) is 4.96. The molecule has 1 fully saturated rings. The summed E-state index contributed by atoms with van der Waals surface area (Å²) in [6.07, 6.45) is 2.28. The first kappa shape index (κ1) is 13.1. The average molecular weight is 297 g/mol. The SMILES string of the molecule is Cc1cc2c(NC3CCN(C)CC3)nc(Cl)nc2s1. The van der Waals surface area contributed by atoms with Crippen LogP contribution in [0.5, 0.6) is 0 Å². The Hall–Kier alpha value is -0.910. The Labute approximate surface area is 121 Å². The minimum absolute atomic E-state index is 0.324. The van der Waals surface area contributed by atoms with E-state index in [-0.39, 0.29) is 0 Å². The van der Waals surface area contributed by atoms with Crippen LogP contribution in [-0.2, 0) is 0 Å². The normalized spacial score (nSPS) is 18.1. The molecule has 0 spiro atoms. The lowest BCUT2D eigenvalue weighted by atomic mass is 10.1. The van der Waals surface area contributed by atoms with Gasteiger partial charge in [-0.2, -0.15) is 0 Å². The lowest BCUT2D eigenvalue weighted by Crippen LogP contribution is -2.36. The van der Waals surface area contributed by atoms with Gasteiger partial charge >= 0.3 is 0 Å². The smallest absolute Gasteiger partial charge is 0.225 e. The van der Waals surface area contributed by atoms with Crippen LogP contribution in [0, 0.1) is 6.92 Å². The topological polar surface area (TPSA) is 41.0 Å². The number of anilines is 1. The molecule has 1 aliphatic heterocycles. The number of hydrogen-bond donors (Lipinski definition) is 1. The summed E-state index contributed by atoms with van der Waals surface area (Å²) in [6, 6.07) is 2.61. The van der Waals surface area contributed by atoms with Crippen LogP contribution in [0.1, 0.15) is 17.7 Å². The quantitative estimate of drug-likeness (QED) is 0.864. The minimum atomic E-state index is 0.324. The van der Waals surface area contributed by atoms with Crippen molar-refractivity contribution in [3.63, 3.8) is 0 Å². The number of aryl methyl sites for hydroxylation is 1. The van der Waals surface area contributed by atoms with Gasteiger partial charge in [0.2, 0.25) is 5.28 Å². The molecule has 6 heteroatoms. The third-order valence-electron chi connectivity index (χ3n) is 3.55. The molecule has 19 heavy (non-hydrogen) atoms. The number of thiophene rings is 1. The van der Waals surface area contributed by atoms with E-state index in [0.29, 0.717) is 11.3 Å². The van der Waals surface area contributed by atoms with E-state index in [4.69, 9.17) is 11.6 Å². The lowest BCUT2D eigenvalue weighted by Gasteiger charge is -2.29. The third kappa shape index (κ3) is 2.83. The summed E-state index contributed by atoms with van der Waals surface area (Å²) in [5.74, 6) is 0.883. The largest absolute Gasteiger partial charge is 0.367 e. The molecule has 2 aromatic heterocycles. The van der Waals surface area contributed by atoms with Gasteiger partial charge in [-0.25, -0.2) is 9.97 Å². The Morgan fingerprint density at radius 1 is 1.37 bits per heavy atom. The molecule has 0 aromatic carbocycles. The number of halogens is 1. The van der Waals surface area contributed by atoms with E-state index >= 15 is 0 Å². The van der Waals surface area contributed by atoms with Crippen LogP contribution in [0.2, 0.25) is 5.28 Å². The second-order valence-electron chi connectivity index (χ2n) is 5.14. The van der Waals surface area contributed by atoms with Crippen LogP contribution < -0.4 is 5.32 Å². The highest BCUT2D eigenvalue weighted by atomic mass is 35.5. The molecule has 4 nitrogen and oxygen atoms in total. The Kier molecular flexibility index (Phi) is 3.60. The first-order chi connectivity index (χ1) is 9.11. The van der Waals surface area contributed by atoms with Crippen molar-refractivity contribution in [1.82, 2.24) is 14.9 Å². The number of hydrogen-bond acceptors (Lipinski definition) is 5. The van der Waals surface area contributed by atoms with E-state index in [2.05, 4.69) is 40.2 Å². The van der Waals surface area contributed by atoms with Crippen molar-refractivity contribution in [3.05, 3.63) is 16.2 Å². The van der Waals surface area contributed by atoms with Crippen LogP contribution in [0.25, 0.3) is 10.2 Å². The molecule has 0 unspecified atom stereocenters. The molecule has 3 rings (SSSR count). The lowest BCUT2D eigenvalue weighted by molar-refractivity contribution is 0.264. The molecular formula is C13H17ClN4S. The van der Waals surface area contributed by atoms with E-state index < -0.39 is 0 Å². The minimum Gasteiger partial charge on any atom is -0.367 e. The number of nitrogens with one attached hydrogen (secondary N) is 1. The summed E-state index contributed by atoms with van der Waals surface area (Å²) in [7, 11) is 2.16. The van der Waals surface area contributed by atoms with Gasteiger partial charge in [-0.1, -0.05) is 0 Å². The first-order valence-electron chi connectivity index (χ1n) is 6.50. The van der Waals surface area contributed by atoms with Gasteiger partial charge in [0, 0.05) is 10.9 Å². The van der Waals surface area contributed by atoms with Crippen molar-refractivity contribution < 1.29 is 0 Å². The molecule has 0 bridgehead atoms. The second-order valence-corrected chi connectivity index (χ2v) is 6.71. The fourth-order valence-corrected chi connectivity index (χ4v) is 3.57. The molecule has 0 atom stereocenters. The summed E-state index contributed by atoms with van der Waals surface area (Å²) in [6.45, 7) is 4.34. The number of nitrogens with zero attached hydrogens (tertiary/aromatic N) is 3. The highest BCUT2D eigenvalue weighted by Gasteiger charge is 2.18. The van der Waals surface area contributed by atoms with Gasteiger partial charge in [0.15, 0.2) is 0 Å². The van der Waals surface area contributed by atoms with Crippen LogP contribution in [0.3, 0.4) is 0 Å². The van der Waals surface area contributed by atoms with Gasteiger partial charge in [0.25, 0.3) is 0 Å². The number of aromatic nitrogens is 2. The summed E-state index contributed by atoms with van der Waals surface area (Å²) < 4.78 is 0. The van der Waals surface area contributed by atoms with Crippen molar-refractivity contribution in [3.8, 4) is 0 Å². The highest BCUT2D eigenvalue weighted by Crippen LogP contribution is 2.30. The maximum absolute atomic E-state index is 6.01. The predicted octanol–water partition coefficient (Wildman–Crippen LogP) is 3.16. The third-order valence-corrected chi connectivity index (χ3v) is 4.66. The monoisotopic (exact) mass is 296 g/mol. The molecule has 3 heterocycles. The zero-order valence-corrected chi connectivity index (χ0v) is 12.7. The Morgan fingerprint density at radius 3 is 2.84 bits per heavy atom. The van der Waals surface area contributed by atoms with Gasteiger partial charge in [0.05, 0.1) is 5.39 Å². The highest BCUT2D eigenvalue weighted by molar-refractivity contribution is 7.18. The van der Waals surface area contributed by atoms with Gasteiger partial charge in [-0.15, -0.1) is 11.3 Å². The maximum atomic E-state index is 6.01. The fraction of sp³-hybridized carbons (Fsp3) is 0.538. The molecule has 1 N–H and O–H groups in total. The number of fused-ring (bicyclic) bond motifs is 1. The molecule has 2 aromatic rings. The van der Waals surface area contributed by atoms with Crippen molar-refractivity contribution in [2.24, 2.45) is 0 Å². The van der Waals surface area contributed by atoms with Gasteiger partial charge in [-0.3, -0.25) is 0 Å². The zero-order chi connectivity index (χ0) is 13.4. The summed E-state index contributed by atoms with van der Waals surface area (Å²) >= 11 is 7.67. The summed E-state index contributed by atoms with van der Waals surface area (Å²) in [5.41, 5.74) is 0. The van der Waals surface area contributed by atoms with E-state index in [1.165, 1.54) is 4.88 Å². The molecule has 102 valence electrons. The van der Waals surface area contributed by atoms with Crippen LogP contribution in [-0.4, -0.2) is 41.0 Å². The van der Waals surface area contributed by atoms with E-state index in [0.717, 1.165) is 42.0 Å². The van der Waals surface area contributed by atoms with E-state index in [1.807, 2.05) is 0 Å². The molecule has 0 radical (unpaired) electrons.